The highest BCUT2D eigenvalue weighted by molar-refractivity contribution is 5.61. The Kier molecular flexibility index (Phi) is 2.44. The topological polar surface area (TPSA) is 29.3 Å². The van der Waals surface area contributed by atoms with E-state index < -0.39 is 0 Å². The van der Waals surface area contributed by atoms with Crippen LogP contribution in [-0.4, -0.2) is 17.6 Å². The summed E-state index contributed by atoms with van der Waals surface area (Å²) in [7, 11) is 0. The molecule has 0 radical (unpaired) electrons. The van der Waals surface area contributed by atoms with Gasteiger partial charge in [0.25, 0.3) is 0 Å². The summed E-state index contributed by atoms with van der Waals surface area (Å²) in [5.41, 5.74) is 9.16. The summed E-state index contributed by atoms with van der Waals surface area (Å²) in [6.07, 6.45) is 5.15. The molecular formula is C15H22N2. The number of nitrogens with two attached hydrogens (primary N) is 1. The Morgan fingerprint density at radius 3 is 2.53 bits per heavy atom. The fourth-order valence-corrected chi connectivity index (χ4v) is 3.15. The molecule has 3 rings (SSSR count). The number of hydrogen-bond acceptors (Lipinski definition) is 2. The lowest BCUT2D eigenvalue weighted by Gasteiger charge is -2.45. The molecule has 1 aliphatic carbocycles. The molecule has 0 amide bonds. The maximum Gasteiger partial charge on any atom is 0.0508 e. The number of benzene rings is 1. The summed E-state index contributed by atoms with van der Waals surface area (Å²) in [4.78, 5) is 2.61. The van der Waals surface area contributed by atoms with Crippen LogP contribution >= 0.6 is 0 Å². The number of rotatable bonds is 2. The van der Waals surface area contributed by atoms with Crippen LogP contribution in [0.25, 0.3) is 0 Å². The van der Waals surface area contributed by atoms with Crippen LogP contribution in [0.4, 0.5) is 5.69 Å². The smallest absolute Gasteiger partial charge is 0.0508 e. The van der Waals surface area contributed by atoms with Crippen LogP contribution in [0.3, 0.4) is 0 Å². The summed E-state index contributed by atoms with van der Waals surface area (Å²) in [5, 5.41) is 0. The zero-order valence-electron chi connectivity index (χ0n) is 10.8. The Hall–Kier alpha value is -1.02. The second-order valence-electron chi connectivity index (χ2n) is 6.16. The minimum absolute atomic E-state index is 0.130. The van der Waals surface area contributed by atoms with Gasteiger partial charge < -0.3 is 10.6 Å². The van der Waals surface area contributed by atoms with Crippen molar-refractivity contribution in [3.8, 4) is 0 Å². The van der Waals surface area contributed by atoms with Gasteiger partial charge in [-0.25, -0.2) is 0 Å². The first-order valence-electron chi connectivity index (χ1n) is 6.72. The molecule has 2 nitrogen and oxygen atoms in total. The molecule has 1 atom stereocenters. The quantitative estimate of drug-likeness (QED) is 0.846. The molecule has 17 heavy (non-hydrogen) atoms. The van der Waals surface area contributed by atoms with E-state index in [0.29, 0.717) is 6.04 Å². The van der Waals surface area contributed by atoms with Gasteiger partial charge in [0.15, 0.2) is 0 Å². The first kappa shape index (κ1) is 11.1. The van der Waals surface area contributed by atoms with Crippen molar-refractivity contribution in [2.45, 2.75) is 57.2 Å². The van der Waals surface area contributed by atoms with Crippen LogP contribution in [0, 0.1) is 0 Å². The van der Waals surface area contributed by atoms with Crippen molar-refractivity contribution in [1.29, 1.82) is 0 Å². The van der Waals surface area contributed by atoms with Crippen LogP contribution in [0.1, 0.15) is 38.7 Å². The summed E-state index contributed by atoms with van der Waals surface area (Å²) in [6, 6.07) is 10.0. The monoisotopic (exact) mass is 230 g/mol. The molecule has 0 bridgehead atoms. The van der Waals surface area contributed by atoms with Gasteiger partial charge in [-0.3, -0.25) is 0 Å². The van der Waals surface area contributed by atoms with E-state index in [9.17, 15) is 0 Å². The van der Waals surface area contributed by atoms with Gasteiger partial charge in [-0.1, -0.05) is 18.2 Å². The molecule has 1 aliphatic heterocycles. The van der Waals surface area contributed by atoms with Gasteiger partial charge in [0.1, 0.15) is 0 Å². The highest BCUT2D eigenvalue weighted by atomic mass is 15.2. The Balaban J connectivity index is 1.98. The average molecular weight is 230 g/mol. The van der Waals surface area contributed by atoms with Crippen molar-refractivity contribution in [2.24, 2.45) is 5.73 Å². The molecule has 92 valence electrons. The predicted octanol–water partition coefficient (Wildman–Crippen LogP) is 2.71. The van der Waals surface area contributed by atoms with E-state index >= 15 is 0 Å². The van der Waals surface area contributed by atoms with Gasteiger partial charge in [-0.2, -0.15) is 0 Å². The average Bonchev–Trinajstić information content (AvgIpc) is 2.55. The number of fused-ring (bicyclic) bond motifs is 1. The molecule has 2 N–H and O–H groups in total. The van der Waals surface area contributed by atoms with E-state index in [1.54, 1.807) is 0 Å². The van der Waals surface area contributed by atoms with Gasteiger partial charge in [0, 0.05) is 17.3 Å². The zero-order valence-corrected chi connectivity index (χ0v) is 10.8. The van der Waals surface area contributed by atoms with Gasteiger partial charge in [0.2, 0.25) is 0 Å². The minimum Gasteiger partial charge on any atom is -0.363 e. The van der Waals surface area contributed by atoms with E-state index in [1.807, 2.05) is 0 Å². The van der Waals surface area contributed by atoms with E-state index in [-0.39, 0.29) is 5.54 Å². The third-order valence-corrected chi connectivity index (χ3v) is 4.35. The standard InChI is InChI=1S/C15H22N2/c1-15(2,16)14-10-11-6-3-4-9-13(11)17(14)12-7-5-8-12/h3-4,6,9,12,14H,5,7-8,10,16H2,1-2H3. The van der Waals surface area contributed by atoms with Crippen molar-refractivity contribution in [2.75, 3.05) is 4.90 Å². The Morgan fingerprint density at radius 1 is 1.24 bits per heavy atom. The summed E-state index contributed by atoms with van der Waals surface area (Å²) in [6.45, 7) is 4.32. The predicted molar refractivity (Wildman–Crippen MR) is 72.3 cm³/mol. The molecule has 1 saturated carbocycles. The minimum atomic E-state index is -0.130. The van der Waals surface area contributed by atoms with Crippen LogP contribution in [0.5, 0.6) is 0 Å². The molecule has 1 aromatic carbocycles. The highest BCUT2D eigenvalue weighted by Crippen LogP contribution is 2.41. The second kappa shape index (κ2) is 3.74. The van der Waals surface area contributed by atoms with Crippen molar-refractivity contribution in [1.82, 2.24) is 0 Å². The van der Waals surface area contributed by atoms with Crippen LogP contribution in [0.2, 0.25) is 0 Å². The van der Waals surface area contributed by atoms with Crippen LogP contribution in [-0.2, 0) is 6.42 Å². The van der Waals surface area contributed by atoms with Crippen molar-refractivity contribution in [3.05, 3.63) is 29.8 Å². The van der Waals surface area contributed by atoms with Gasteiger partial charge in [-0.15, -0.1) is 0 Å². The zero-order chi connectivity index (χ0) is 12.0. The Labute approximate surface area is 104 Å². The lowest BCUT2D eigenvalue weighted by atomic mass is 9.86. The summed E-state index contributed by atoms with van der Waals surface area (Å²) in [5.74, 6) is 0. The van der Waals surface area contributed by atoms with Gasteiger partial charge in [0.05, 0.1) is 6.04 Å². The maximum atomic E-state index is 6.39. The highest BCUT2D eigenvalue weighted by Gasteiger charge is 2.42. The van der Waals surface area contributed by atoms with Crippen molar-refractivity contribution < 1.29 is 0 Å². The van der Waals surface area contributed by atoms with Crippen molar-refractivity contribution >= 4 is 5.69 Å². The van der Waals surface area contributed by atoms with Gasteiger partial charge in [-0.05, 0) is 51.2 Å². The number of hydrogen-bond donors (Lipinski definition) is 1. The fraction of sp³-hybridized carbons (Fsp3) is 0.600. The largest absolute Gasteiger partial charge is 0.363 e. The molecule has 0 saturated heterocycles. The SMILES string of the molecule is CC(C)(N)C1Cc2ccccc2N1C1CCC1. The van der Waals surface area contributed by atoms with Crippen LogP contribution < -0.4 is 10.6 Å². The van der Waals surface area contributed by atoms with Gasteiger partial charge >= 0.3 is 0 Å². The Morgan fingerprint density at radius 2 is 1.94 bits per heavy atom. The maximum absolute atomic E-state index is 6.39. The molecule has 0 aromatic heterocycles. The van der Waals surface area contributed by atoms with E-state index in [1.165, 1.54) is 30.5 Å². The third-order valence-electron chi connectivity index (χ3n) is 4.35. The fourth-order valence-electron chi connectivity index (χ4n) is 3.15. The van der Waals surface area contributed by atoms with Crippen LogP contribution in [0.15, 0.2) is 24.3 Å². The first-order valence-corrected chi connectivity index (χ1v) is 6.72. The summed E-state index contributed by atoms with van der Waals surface area (Å²) < 4.78 is 0. The van der Waals surface area contributed by atoms with E-state index in [4.69, 9.17) is 5.73 Å². The molecule has 2 heteroatoms. The Bertz CT molecular complexity index is 415. The molecule has 2 aliphatic rings. The summed E-state index contributed by atoms with van der Waals surface area (Å²) >= 11 is 0. The lowest BCUT2D eigenvalue weighted by Crippen LogP contribution is -2.58. The van der Waals surface area contributed by atoms with E-state index in [0.717, 1.165) is 12.5 Å². The third kappa shape index (κ3) is 1.75. The molecule has 1 heterocycles. The molecule has 1 aromatic rings. The van der Waals surface area contributed by atoms with E-state index in [2.05, 4.69) is 43.0 Å². The number of nitrogens with zero attached hydrogens (tertiary/aromatic N) is 1. The number of anilines is 1. The van der Waals surface area contributed by atoms with Crippen molar-refractivity contribution in [3.63, 3.8) is 0 Å². The number of para-hydroxylation sites is 1. The molecule has 1 fully saturated rings. The second-order valence-corrected chi connectivity index (χ2v) is 6.16. The lowest BCUT2D eigenvalue weighted by molar-refractivity contribution is 0.310. The normalized spacial score (nSPS) is 24.6. The molecular weight excluding hydrogens is 208 g/mol. The molecule has 1 unspecified atom stereocenters. The molecule has 0 spiro atoms. The first-order chi connectivity index (χ1) is 8.07.